The first-order valence-corrected chi connectivity index (χ1v) is 9.59. The van der Waals surface area contributed by atoms with E-state index in [9.17, 15) is 9.18 Å². The van der Waals surface area contributed by atoms with Crippen molar-refractivity contribution in [1.29, 1.82) is 0 Å². The van der Waals surface area contributed by atoms with E-state index in [2.05, 4.69) is 20.4 Å². The fraction of sp³-hybridized carbons (Fsp3) is 0.368. The van der Waals surface area contributed by atoms with Crippen molar-refractivity contribution in [2.24, 2.45) is 0 Å². The Morgan fingerprint density at radius 1 is 1.26 bits per heavy atom. The van der Waals surface area contributed by atoms with Crippen molar-refractivity contribution in [2.75, 3.05) is 5.32 Å². The lowest BCUT2D eigenvalue weighted by Crippen LogP contribution is -2.11. The highest BCUT2D eigenvalue weighted by molar-refractivity contribution is 7.16. The van der Waals surface area contributed by atoms with Crippen molar-refractivity contribution in [2.45, 2.75) is 46.0 Å². The zero-order valence-electron chi connectivity index (χ0n) is 15.5. The number of halogens is 1. The number of aromatic nitrogens is 3. The maximum absolute atomic E-state index is 13.1. The van der Waals surface area contributed by atoms with Crippen LogP contribution in [0.5, 0.6) is 0 Å². The molecular formula is C19H21FN4O2S. The molecule has 0 bridgehead atoms. The van der Waals surface area contributed by atoms with Gasteiger partial charge in [-0.25, -0.2) is 9.37 Å². The summed E-state index contributed by atoms with van der Waals surface area (Å²) in [6, 6.07) is 6.15. The van der Waals surface area contributed by atoms with E-state index in [0.29, 0.717) is 36.1 Å². The van der Waals surface area contributed by atoms with E-state index in [-0.39, 0.29) is 17.6 Å². The molecule has 0 saturated carbocycles. The molecule has 6 nitrogen and oxygen atoms in total. The Labute approximate surface area is 160 Å². The minimum Gasteiger partial charge on any atom is -0.339 e. The van der Waals surface area contributed by atoms with Crippen LogP contribution in [0.4, 0.5) is 9.52 Å². The first kappa shape index (κ1) is 19.2. The molecule has 0 unspecified atom stereocenters. The first-order valence-electron chi connectivity index (χ1n) is 8.78. The Kier molecular flexibility index (Phi) is 5.95. The molecule has 2 aromatic heterocycles. The third-order valence-electron chi connectivity index (χ3n) is 3.96. The third-order valence-corrected chi connectivity index (χ3v) is 4.84. The average Bonchev–Trinajstić information content (AvgIpc) is 3.23. The Bertz CT molecular complexity index is 918. The van der Waals surface area contributed by atoms with Crippen molar-refractivity contribution in [3.63, 3.8) is 0 Å². The van der Waals surface area contributed by atoms with Crippen LogP contribution in [-0.2, 0) is 11.2 Å². The number of anilines is 1. The van der Waals surface area contributed by atoms with E-state index in [4.69, 9.17) is 4.52 Å². The van der Waals surface area contributed by atoms with Gasteiger partial charge in [0.15, 0.2) is 11.0 Å². The normalized spacial score (nSPS) is 11.1. The van der Waals surface area contributed by atoms with Crippen LogP contribution in [0, 0.1) is 12.7 Å². The van der Waals surface area contributed by atoms with Crippen LogP contribution >= 0.6 is 11.3 Å². The average molecular weight is 388 g/mol. The molecule has 0 fully saturated rings. The number of hydrogen-bond acceptors (Lipinski definition) is 6. The van der Waals surface area contributed by atoms with Gasteiger partial charge >= 0.3 is 0 Å². The number of amides is 1. The summed E-state index contributed by atoms with van der Waals surface area (Å²) in [7, 11) is 0. The molecule has 1 N–H and O–H groups in total. The summed E-state index contributed by atoms with van der Waals surface area (Å²) in [5.41, 5.74) is 1.57. The first-order chi connectivity index (χ1) is 12.9. The lowest BCUT2D eigenvalue weighted by Gasteiger charge is -2.00. The number of rotatable bonds is 7. The highest BCUT2D eigenvalue weighted by Crippen LogP contribution is 2.30. The number of aryl methyl sites for hydroxylation is 2. The number of carbonyl (C=O) groups is 1. The summed E-state index contributed by atoms with van der Waals surface area (Å²) < 4.78 is 18.2. The van der Waals surface area contributed by atoms with Gasteiger partial charge in [-0.3, -0.25) is 4.79 Å². The maximum atomic E-state index is 13.1. The van der Waals surface area contributed by atoms with Crippen molar-refractivity contribution >= 4 is 22.4 Å². The molecule has 1 aromatic carbocycles. The Morgan fingerprint density at radius 2 is 2.00 bits per heavy atom. The second-order valence-electron chi connectivity index (χ2n) is 6.53. The molecule has 0 radical (unpaired) electrons. The Morgan fingerprint density at radius 3 is 2.67 bits per heavy atom. The molecule has 0 aliphatic heterocycles. The lowest BCUT2D eigenvalue weighted by molar-refractivity contribution is -0.116. The van der Waals surface area contributed by atoms with E-state index in [1.165, 1.54) is 23.5 Å². The van der Waals surface area contributed by atoms with Crippen LogP contribution in [0.15, 0.2) is 28.8 Å². The molecule has 8 heteroatoms. The third kappa shape index (κ3) is 4.97. The maximum Gasteiger partial charge on any atom is 0.226 e. The van der Waals surface area contributed by atoms with Gasteiger partial charge in [-0.15, -0.1) is 11.3 Å². The van der Waals surface area contributed by atoms with Gasteiger partial charge in [-0.1, -0.05) is 19.0 Å². The van der Waals surface area contributed by atoms with Gasteiger partial charge in [-0.05, 0) is 37.6 Å². The van der Waals surface area contributed by atoms with E-state index < -0.39 is 0 Å². The van der Waals surface area contributed by atoms with Crippen LogP contribution < -0.4 is 5.32 Å². The lowest BCUT2D eigenvalue weighted by atomic mass is 10.1. The molecule has 0 aliphatic rings. The zero-order chi connectivity index (χ0) is 19.4. The van der Waals surface area contributed by atoms with E-state index in [0.717, 1.165) is 16.1 Å². The number of thiazole rings is 1. The SMILES string of the molecule is Cc1sc(NC(=O)CCCc2nc(C(C)C)no2)nc1-c1ccc(F)cc1. The van der Waals surface area contributed by atoms with Gasteiger partial charge in [0.1, 0.15) is 5.82 Å². The summed E-state index contributed by atoms with van der Waals surface area (Å²) in [6.45, 7) is 5.92. The van der Waals surface area contributed by atoms with E-state index in [1.54, 1.807) is 12.1 Å². The molecule has 2 heterocycles. The smallest absolute Gasteiger partial charge is 0.226 e. The molecule has 3 rings (SSSR count). The summed E-state index contributed by atoms with van der Waals surface area (Å²) in [5, 5.41) is 7.27. The van der Waals surface area contributed by atoms with Crippen molar-refractivity contribution < 1.29 is 13.7 Å². The molecule has 0 aliphatic carbocycles. The van der Waals surface area contributed by atoms with E-state index >= 15 is 0 Å². The Balaban J connectivity index is 1.53. The van der Waals surface area contributed by atoms with Gasteiger partial charge in [0.05, 0.1) is 5.69 Å². The minimum absolute atomic E-state index is 0.113. The molecule has 27 heavy (non-hydrogen) atoms. The van der Waals surface area contributed by atoms with E-state index in [1.807, 2.05) is 20.8 Å². The zero-order valence-corrected chi connectivity index (χ0v) is 16.3. The second-order valence-corrected chi connectivity index (χ2v) is 7.74. The molecule has 3 aromatic rings. The minimum atomic E-state index is -0.290. The monoisotopic (exact) mass is 388 g/mol. The van der Waals surface area contributed by atoms with Gasteiger partial charge in [0.2, 0.25) is 11.8 Å². The second kappa shape index (κ2) is 8.39. The molecule has 1 amide bonds. The highest BCUT2D eigenvalue weighted by Gasteiger charge is 2.13. The molecular weight excluding hydrogens is 367 g/mol. The topological polar surface area (TPSA) is 80.9 Å². The highest BCUT2D eigenvalue weighted by atomic mass is 32.1. The number of nitrogens with one attached hydrogen (secondary N) is 1. The summed E-state index contributed by atoms with van der Waals surface area (Å²) in [6.07, 6.45) is 1.51. The standard InChI is InChI=1S/C19H21FN4O2S/c1-11(2)18-22-16(26-24-18)6-4-5-15(25)21-19-23-17(12(3)27-19)13-7-9-14(20)10-8-13/h7-11H,4-6H2,1-3H3,(H,21,23,25). The van der Waals surface area contributed by atoms with Crippen LogP contribution in [-0.4, -0.2) is 21.0 Å². The van der Waals surface area contributed by atoms with Gasteiger partial charge in [-0.2, -0.15) is 4.98 Å². The molecule has 0 spiro atoms. The summed E-state index contributed by atoms with van der Waals surface area (Å²) in [5.74, 6) is 1.05. The number of hydrogen-bond donors (Lipinski definition) is 1. The number of benzene rings is 1. The predicted molar refractivity (Wildman–Crippen MR) is 102 cm³/mol. The van der Waals surface area contributed by atoms with Gasteiger partial charge in [0, 0.05) is 29.2 Å². The van der Waals surface area contributed by atoms with Crippen molar-refractivity contribution in [3.05, 3.63) is 46.7 Å². The Hall–Kier alpha value is -2.61. The number of carbonyl (C=O) groups excluding carboxylic acids is 1. The van der Waals surface area contributed by atoms with Crippen LogP contribution in [0.2, 0.25) is 0 Å². The largest absolute Gasteiger partial charge is 0.339 e. The molecule has 0 saturated heterocycles. The summed E-state index contributed by atoms with van der Waals surface area (Å²) >= 11 is 1.40. The molecule has 0 atom stereocenters. The van der Waals surface area contributed by atoms with Gasteiger partial charge in [0.25, 0.3) is 0 Å². The summed E-state index contributed by atoms with van der Waals surface area (Å²) in [4.78, 5) is 21.9. The van der Waals surface area contributed by atoms with Crippen LogP contribution in [0.25, 0.3) is 11.3 Å². The van der Waals surface area contributed by atoms with Crippen molar-refractivity contribution in [1.82, 2.24) is 15.1 Å². The molecule has 142 valence electrons. The van der Waals surface area contributed by atoms with Crippen LogP contribution in [0.3, 0.4) is 0 Å². The van der Waals surface area contributed by atoms with Crippen molar-refractivity contribution in [3.8, 4) is 11.3 Å². The fourth-order valence-corrected chi connectivity index (χ4v) is 3.36. The predicted octanol–water partition coefficient (Wildman–Crippen LogP) is 4.73. The van der Waals surface area contributed by atoms with Gasteiger partial charge < -0.3 is 9.84 Å². The number of nitrogens with zero attached hydrogens (tertiary/aromatic N) is 3. The quantitative estimate of drug-likeness (QED) is 0.633. The fourth-order valence-electron chi connectivity index (χ4n) is 2.51. The van der Waals surface area contributed by atoms with Crippen LogP contribution in [0.1, 0.15) is 49.2 Å².